The van der Waals surface area contributed by atoms with Gasteiger partial charge in [0.1, 0.15) is 6.04 Å². The van der Waals surface area contributed by atoms with Crippen molar-refractivity contribution in [2.75, 3.05) is 5.32 Å². The highest BCUT2D eigenvalue weighted by molar-refractivity contribution is 9.10. The van der Waals surface area contributed by atoms with Gasteiger partial charge >= 0.3 is 0 Å². The summed E-state index contributed by atoms with van der Waals surface area (Å²) < 4.78 is 0.568. The zero-order valence-electron chi connectivity index (χ0n) is 12.3. The van der Waals surface area contributed by atoms with Crippen molar-refractivity contribution in [2.45, 2.75) is 32.4 Å². The van der Waals surface area contributed by atoms with Gasteiger partial charge in [-0.2, -0.15) is 0 Å². The molecule has 1 saturated heterocycles. The van der Waals surface area contributed by atoms with E-state index in [1.807, 2.05) is 0 Å². The third-order valence-electron chi connectivity index (χ3n) is 3.89. The SMILES string of the molecule is CC(=O)Nc1cc(Br)c2c(c1)CN(C1CCC(=O)NC1=O)C2=O. The summed E-state index contributed by atoms with van der Waals surface area (Å²) in [4.78, 5) is 48.5. The number of benzene rings is 1. The van der Waals surface area contributed by atoms with E-state index in [9.17, 15) is 19.2 Å². The van der Waals surface area contributed by atoms with Crippen LogP contribution in [0.2, 0.25) is 0 Å². The maximum Gasteiger partial charge on any atom is 0.256 e. The van der Waals surface area contributed by atoms with Crippen LogP contribution < -0.4 is 10.6 Å². The van der Waals surface area contributed by atoms with Crippen molar-refractivity contribution in [1.29, 1.82) is 0 Å². The fourth-order valence-corrected chi connectivity index (χ4v) is 3.60. The van der Waals surface area contributed by atoms with Crippen LogP contribution in [0.15, 0.2) is 16.6 Å². The Labute approximate surface area is 140 Å². The number of fused-ring (bicyclic) bond motifs is 1. The lowest BCUT2D eigenvalue weighted by atomic mass is 10.0. The highest BCUT2D eigenvalue weighted by atomic mass is 79.9. The topological polar surface area (TPSA) is 95.6 Å². The van der Waals surface area contributed by atoms with Crippen LogP contribution in [0.5, 0.6) is 0 Å². The number of amides is 4. The Morgan fingerprint density at radius 1 is 1.35 bits per heavy atom. The third-order valence-corrected chi connectivity index (χ3v) is 4.52. The Morgan fingerprint density at radius 3 is 2.74 bits per heavy atom. The minimum Gasteiger partial charge on any atom is -0.326 e. The Bertz CT molecular complexity index is 746. The Hall–Kier alpha value is -2.22. The monoisotopic (exact) mass is 379 g/mol. The second-order valence-electron chi connectivity index (χ2n) is 5.57. The molecule has 0 aliphatic carbocycles. The first-order chi connectivity index (χ1) is 10.9. The quantitative estimate of drug-likeness (QED) is 0.753. The molecule has 1 unspecified atom stereocenters. The number of carbonyl (C=O) groups is 4. The molecule has 1 aromatic carbocycles. The van der Waals surface area contributed by atoms with Gasteiger partial charge in [0.05, 0.1) is 5.56 Å². The third kappa shape index (κ3) is 2.86. The highest BCUT2D eigenvalue weighted by Gasteiger charge is 2.40. The Balaban J connectivity index is 1.89. The molecule has 1 atom stereocenters. The molecule has 0 radical (unpaired) electrons. The molecule has 120 valence electrons. The average molecular weight is 380 g/mol. The minimum absolute atomic E-state index is 0.205. The standard InChI is InChI=1S/C15H14BrN3O4/c1-7(20)17-9-4-8-6-19(15(23)13(8)10(16)5-9)11-2-3-12(21)18-14(11)22/h4-5,11H,2-3,6H2,1H3,(H,17,20)(H,18,21,22). The van der Waals surface area contributed by atoms with Crippen molar-refractivity contribution in [3.8, 4) is 0 Å². The van der Waals surface area contributed by atoms with Gasteiger partial charge < -0.3 is 10.2 Å². The van der Waals surface area contributed by atoms with E-state index in [-0.39, 0.29) is 30.7 Å². The van der Waals surface area contributed by atoms with E-state index in [1.54, 1.807) is 12.1 Å². The van der Waals surface area contributed by atoms with E-state index < -0.39 is 11.9 Å². The van der Waals surface area contributed by atoms with Crippen molar-refractivity contribution in [3.05, 3.63) is 27.7 Å². The van der Waals surface area contributed by atoms with Gasteiger partial charge in [-0.1, -0.05) is 0 Å². The summed E-state index contributed by atoms with van der Waals surface area (Å²) in [6.07, 6.45) is 0.537. The van der Waals surface area contributed by atoms with Gasteiger partial charge in [0.15, 0.2) is 0 Å². The molecule has 3 rings (SSSR count). The van der Waals surface area contributed by atoms with E-state index in [0.29, 0.717) is 22.1 Å². The average Bonchev–Trinajstić information content (AvgIpc) is 2.75. The van der Waals surface area contributed by atoms with Crippen LogP contribution in [0.25, 0.3) is 0 Å². The molecule has 1 aromatic rings. The predicted octanol–water partition coefficient (Wildman–Crippen LogP) is 1.17. The van der Waals surface area contributed by atoms with Crippen molar-refractivity contribution < 1.29 is 19.2 Å². The zero-order valence-corrected chi connectivity index (χ0v) is 13.9. The lowest BCUT2D eigenvalue weighted by Gasteiger charge is -2.29. The number of imide groups is 1. The molecule has 0 saturated carbocycles. The van der Waals surface area contributed by atoms with Crippen LogP contribution in [0.4, 0.5) is 5.69 Å². The van der Waals surface area contributed by atoms with Crippen LogP contribution in [-0.4, -0.2) is 34.6 Å². The van der Waals surface area contributed by atoms with E-state index in [1.165, 1.54) is 11.8 Å². The Morgan fingerprint density at radius 2 is 2.09 bits per heavy atom. The van der Waals surface area contributed by atoms with Gasteiger partial charge in [0, 0.05) is 30.0 Å². The normalized spacial score (nSPS) is 20.3. The number of halogens is 1. The molecule has 2 aliphatic heterocycles. The van der Waals surface area contributed by atoms with Crippen molar-refractivity contribution >= 4 is 45.2 Å². The fourth-order valence-electron chi connectivity index (χ4n) is 2.93. The maximum atomic E-state index is 12.6. The van der Waals surface area contributed by atoms with E-state index in [0.717, 1.165) is 5.56 Å². The lowest BCUT2D eigenvalue weighted by Crippen LogP contribution is -2.52. The molecule has 23 heavy (non-hydrogen) atoms. The number of anilines is 1. The Kier molecular flexibility index (Phi) is 3.93. The molecular formula is C15H14BrN3O4. The summed E-state index contributed by atoms with van der Waals surface area (Å²) in [6, 6.07) is 2.74. The fraction of sp³-hybridized carbons (Fsp3) is 0.333. The summed E-state index contributed by atoms with van der Waals surface area (Å²) >= 11 is 3.35. The second kappa shape index (κ2) is 5.77. The van der Waals surface area contributed by atoms with E-state index >= 15 is 0 Å². The number of hydrogen-bond acceptors (Lipinski definition) is 4. The van der Waals surface area contributed by atoms with Gasteiger partial charge in [-0.3, -0.25) is 24.5 Å². The first-order valence-electron chi connectivity index (χ1n) is 7.11. The van der Waals surface area contributed by atoms with Crippen LogP contribution in [0.1, 0.15) is 35.7 Å². The summed E-state index contributed by atoms with van der Waals surface area (Å²) in [5.74, 6) is -1.22. The van der Waals surface area contributed by atoms with E-state index in [2.05, 4.69) is 26.6 Å². The van der Waals surface area contributed by atoms with Crippen molar-refractivity contribution in [2.24, 2.45) is 0 Å². The van der Waals surface area contributed by atoms with Crippen LogP contribution >= 0.6 is 15.9 Å². The summed E-state index contributed by atoms with van der Waals surface area (Å²) in [6.45, 7) is 1.68. The number of nitrogens with one attached hydrogen (secondary N) is 2. The van der Waals surface area contributed by atoms with Gasteiger partial charge in [0.2, 0.25) is 17.7 Å². The second-order valence-corrected chi connectivity index (χ2v) is 6.43. The first-order valence-corrected chi connectivity index (χ1v) is 7.91. The molecule has 2 N–H and O–H groups in total. The molecule has 7 nitrogen and oxygen atoms in total. The molecule has 1 fully saturated rings. The van der Waals surface area contributed by atoms with Gasteiger partial charge in [-0.05, 0) is 40.0 Å². The minimum atomic E-state index is -0.649. The van der Waals surface area contributed by atoms with Crippen molar-refractivity contribution in [1.82, 2.24) is 10.2 Å². The molecule has 0 bridgehead atoms. The molecular weight excluding hydrogens is 366 g/mol. The van der Waals surface area contributed by atoms with Gasteiger partial charge in [0.25, 0.3) is 5.91 Å². The summed E-state index contributed by atoms with van der Waals surface area (Å²) in [5, 5.41) is 4.94. The number of hydrogen-bond donors (Lipinski definition) is 2. The van der Waals surface area contributed by atoms with Gasteiger partial charge in [-0.25, -0.2) is 0 Å². The zero-order chi connectivity index (χ0) is 16.7. The molecule has 2 aliphatic rings. The largest absolute Gasteiger partial charge is 0.326 e. The lowest BCUT2D eigenvalue weighted by molar-refractivity contribution is -0.137. The molecule has 0 aromatic heterocycles. The number of carbonyl (C=O) groups excluding carboxylic acids is 4. The summed E-state index contributed by atoms with van der Waals surface area (Å²) in [5.41, 5.74) is 1.81. The van der Waals surface area contributed by atoms with Crippen LogP contribution in [0, 0.1) is 0 Å². The number of rotatable bonds is 2. The first kappa shape index (κ1) is 15.7. The molecule has 4 amide bonds. The summed E-state index contributed by atoms with van der Waals surface area (Å²) in [7, 11) is 0. The van der Waals surface area contributed by atoms with Crippen LogP contribution in [0.3, 0.4) is 0 Å². The predicted molar refractivity (Wildman–Crippen MR) is 84.5 cm³/mol. The maximum absolute atomic E-state index is 12.6. The number of piperidine rings is 1. The van der Waals surface area contributed by atoms with Gasteiger partial charge in [-0.15, -0.1) is 0 Å². The molecule has 8 heteroatoms. The highest BCUT2D eigenvalue weighted by Crippen LogP contribution is 2.34. The smallest absolute Gasteiger partial charge is 0.256 e. The van der Waals surface area contributed by atoms with E-state index in [4.69, 9.17) is 0 Å². The van der Waals surface area contributed by atoms with Crippen LogP contribution in [-0.2, 0) is 20.9 Å². The van der Waals surface area contributed by atoms with Crippen molar-refractivity contribution in [3.63, 3.8) is 0 Å². The molecule has 0 spiro atoms. The number of nitrogens with zero attached hydrogens (tertiary/aromatic N) is 1. The molecule has 2 heterocycles.